The van der Waals surface area contributed by atoms with Gasteiger partial charge in [-0.15, -0.1) is 0 Å². The zero-order valence-corrected chi connectivity index (χ0v) is 17.8. The molecule has 0 saturated carbocycles. The maximum Gasteiger partial charge on any atom is 0.306 e. The molecule has 1 aromatic carbocycles. The summed E-state index contributed by atoms with van der Waals surface area (Å²) in [5, 5.41) is 5.96. The lowest BCUT2D eigenvalue weighted by Crippen LogP contribution is -2.25. The average molecular weight is 436 g/mol. The quantitative estimate of drug-likeness (QED) is 0.420. The highest BCUT2D eigenvalue weighted by Gasteiger charge is 2.17. The minimum Gasteiger partial charge on any atom is -0.383 e. The number of primary amides is 2. The van der Waals surface area contributed by atoms with Gasteiger partial charge in [0.1, 0.15) is 11.6 Å². The smallest absolute Gasteiger partial charge is 0.306 e. The number of nitrogens with zero attached hydrogens (tertiary/aromatic N) is 2. The molecule has 0 aliphatic rings. The largest absolute Gasteiger partial charge is 0.383 e. The molecule has 0 fully saturated rings. The second-order valence-corrected chi connectivity index (χ2v) is 8.59. The van der Waals surface area contributed by atoms with Gasteiger partial charge in [-0.25, -0.2) is 4.98 Å². The molecule has 30 heavy (non-hydrogen) atoms. The van der Waals surface area contributed by atoms with Crippen molar-refractivity contribution >= 4 is 39.4 Å². The highest BCUT2D eigenvalue weighted by Crippen LogP contribution is 2.25. The fourth-order valence-electron chi connectivity index (χ4n) is 2.28. The zero-order valence-electron chi connectivity index (χ0n) is 17.0. The van der Waals surface area contributed by atoms with Gasteiger partial charge in [-0.3, -0.25) is 9.59 Å². The van der Waals surface area contributed by atoms with Gasteiger partial charge in [0, 0.05) is 29.6 Å². The van der Waals surface area contributed by atoms with Gasteiger partial charge in [-0.1, -0.05) is 13.8 Å². The van der Waals surface area contributed by atoms with Gasteiger partial charge >= 0.3 is 10.1 Å². The second-order valence-electron chi connectivity index (χ2n) is 7.02. The van der Waals surface area contributed by atoms with Crippen molar-refractivity contribution in [1.82, 2.24) is 9.97 Å². The first-order valence-corrected chi connectivity index (χ1v) is 10.7. The normalized spacial score (nSPS) is 12.3. The van der Waals surface area contributed by atoms with Gasteiger partial charge < -0.3 is 26.3 Å². The van der Waals surface area contributed by atoms with Crippen molar-refractivity contribution in [3.63, 3.8) is 0 Å². The lowest BCUT2D eigenvalue weighted by molar-refractivity contribution is 0.0991. The van der Waals surface area contributed by atoms with Crippen molar-refractivity contribution in [3.05, 3.63) is 35.5 Å². The van der Waals surface area contributed by atoms with Crippen LogP contribution < -0.4 is 26.3 Å². The maximum atomic E-state index is 11.7. The third kappa shape index (κ3) is 6.30. The monoisotopic (exact) mass is 436 g/mol. The van der Waals surface area contributed by atoms with E-state index in [0.29, 0.717) is 0 Å². The molecule has 1 atom stereocenters. The van der Waals surface area contributed by atoms with Crippen molar-refractivity contribution in [3.8, 4) is 5.75 Å². The van der Waals surface area contributed by atoms with E-state index in [1.54, 1.807) is 0 Å². The summed E-state index contributed by atoms with van der Waals surface area (Å²) < 4.78 is 27.7. The van der Waals surface area contributed by atoms with Crippen LogP contribution in [0.3, 0.4) is 0 Å². The van der Waals surface area contributed by atoms with Crippen molar-refractivity contribution in [2.45, 2.75) is 26.8 Å². The van der Waals surface area contributed by atoms with E-state index < -0.39 is 21.9 Å². The van der Waals surface area contributed by atoms with Crippen LogP contribution in [0.15, 0.2) is 24.4 Å². The summed E-state index contributed by atoms with van der Waals surface area (Å²) in [5.41, 5.74) is 11.1. The fraction of sp³-hybridized carbons (Fsp3) is 0.333. The van der Waals surface area contributed by atoms with Gasteiger partial charge in [-0.05, 0) is 25.0 Å². The zero-order chi connectivity index (χ0) is 22.6. The lowest BCUT2D eigenvalue weighted by Gasteiger charge is -2.20. The molecule has 0 saturated heterocycles. The third-order valence-corrected chi connectivity index (χ3v) is 4.61. The van der Waals surface area contributed by atoms with Crippen molar-refractivity contribution < 1.29 is 22.2 Å². The van der Waals surface area contributed by atoms with E-state index in [1.807, 2.05) is 20.8 Å². The molecule has 0 bridgehead atoms. The Morgan fingerprint density at radius 1 is 1.10 bits per heavy atom. The van der Waals surface area contributed by atoms with E-state index in [4.69, 9.17) is 15.7 Å². The van der Waals surface area contributed by atoms with Crippen LogP contribution in [0.4, 0.5) is 17.5 Å². The number of rotatable bonds is 9. The number of hydrogen-bond acceptors (Lipinski definition) is 9. The fourth-order valence-corrected chi connectivity index (χ4v) is 2.73. The SMILES string of the molecule is CC(C)C(C)Nc1nc(Nc2cc(OS(C)(=O)=O)cc(C(N)=O)c2)ncc1C(N)=O. The highest BCUT2D eigenvalue weighted by molar-refractivity contribution is 7.86. The molecule has 6 N–H and O–H groups in total. The molecule has 0 aliphatic heterocycles. The molecule has 12 heteroatoms. The van der Waals surface area contributed by atoms with Crippen LogP contribution in [0.1, 0.15) is 41.5 Å². The molecule has 0 radical (unpaired) electrons. The van der Waals surface area contributed by atoms with Crippen LogP contribution in [0.25, 0.3) is 0 Å². The predicted molar refractivity (Wildman–Crippen MR) is 112 cm³/mol. The van der Waals surface area contributed by atoms with E-state index in [1.165, 1.54) is 24.4 Å². The van der Waals surface area contributed by atoms with E-state index in [0.717, 1.165) is 6.26 Å². The van der Waals surface area contributed by atoms with Gasteiger partial charge in [0.2, 0.25) is 11.9 Å². The van der Waals surface area contributed by atoms with Crippen LogP contribution >= 0.6 is 0 Å². The molecule has 2 aromatic rings. The van der Waals surface area contributed by atoms with Crippen molar-refractivity contribution in [2.75, 3.05) is 16.9 Å². The lowest BCUT2D eigenvalue weighted by atomic mass is 10.1. The molecule has 0 aliphatic carbocycles. The van der Waals surface area contributed by atoms with Crippen LogP contribution in [0.2, 0.25) is 0 Å². The topological polar surface area (TPSA) is 179 Å². The standard InChI is InChI=1S/C18H24N6O5S/c1-9(2)10(3)22-17-14(16(20)26)8-21-18(24-17)23-12-5-11(15(19)25)6-13(7-12)29-30(4,27)28/h5-10H,1-4H3,(H2,19,25)(H2,20,26)(H2,21,22,23,24). The summed E-state index contributed by atoms with van der Waals surface area (Å²) in [4.78, 5) is 31.6. The van der Waals surface area contributed by atoms with Gasteiger partial charge in [0.05, 0.1) is 11.8 Å². The summed E-state index contributed by atoms with van der Waals surface area (Å²) in [5.74, 6) is -1.03. The number of hydrogen-bond donors (Lipinski definition) is 4. The minimum absolute atomic E-state index is 0.0131. The van der Waals surface area contributed by atoms with Crippen molar-refractivity contribution in [1.29, 1.82) is 0 Å². The Balaban J connectivity index is 2.43. The Hall–Kier alpha value is -3.41. The highest BCUT2D eigenvalue weighted by atomic mass is 32.2. The molecule has 1 aromatic heterocycles. The Bertz CT molecular complexity index is 1070. The number of carbonyl (C=O) groups excluding carboxylic acids is 2. The first-order chi connectivity index (χ1) is 13.9. The summed E-state index contributed by atoms with van der Waals surface area (Å²) >= 11 is 0. The van der Waals surface area contributed by atoms with E-state index in [2.05, 4.69) is 20.6 Å². The van der Waals surface area contributed by atoms with Gasteiger partial charge in [0.25, 0.3) is 5.91 Å². The molecule has 1 heterocycles. The summed E-state index contributed by atoms with van der Waals surface area (Å²) in [6.07, 6.45) is 2.13. The number of benzene rings is 1. The number of aromatic nitrogens is 2. The first-order valence-electron chi connectivity index (χ1n) is 8.90. The molecule has 11 nitrogen and oxygen atoms in total. The van der Waals surface area contributed by atoms with E-state index in [9.17, 15) is 18.0 Å². The van der Waals surface area contributed by atoms with Crippen molar-refractivity contribution in [2.24, 2.45) is 17.4 Å². The Morgan fingerprint density at radius 3 is 2.30 bits per heavy atom. The van der Waals surface area contributed by atoms with Crippen LogP contribution in [0.5, 0.6) is 5.75 Å². The number of nitrogens with one attached hydrogen (secondary N) is 2. The Morgan fingerprint density at radius 2 is 1.77 bits per heavy atom. The predicted octanol–water partition coefficient (Wildman–Crippen LogP) is 1.21. The average Bonchev–Trinajstić information content (AvgIpc) is 2.59. The molecule has 1 unspecified atom stereocenters. The molecule has 0 spiro atoms. The molecular formula is C18H24N6O5S. The third-order valence-electron chi connectivity index (χ3n) is 4.11. The minimum atomic E-state index is -3.83. The summed E-state index contributed by atoms with van der Waals surface area (Å²) in [6, 6.07) is 3.90. The van der Waals surface area contributed by atoms with Crippen LogP contribution in [-0.2, 0) is 10.1 Å². The van der Waals surface area contributed by atoms with Gasteiger partial charge in [0.15, 0.2) is 0 Å². The number of amides is 2. The Kier molecular flexibility index (Phi) is 6.82. The molecule has 2 amide bonds. The second kappa shape index (κ2) is 8.95. The van der Waals surface area contributed by atoms with E-state index in [-0.39, 0.29) is 46.3 Å². The maximum absolute atomic E-state index is 11.7. The molecule has 2 rings (SSSR count). The number of nitrogens with two attached hydrogens (primary N) is 2. The Labute approximate surface area is 174 Å². The summed E-state index contributed by atoms with van der Waals surface area (Å²) in [7, 11) is -3.83. The van der Waals surface area contributed by atoms with Gasteiger partial charge in [-0.2, -0.15) is 13.4 Å². The number of anilines is 3. The molecule has 162 valence electrons. The summed E-state index contributed by atoms with van der Waals surface area (Å²) in [6.45, 7) is 5.93. The van der Waals surface area contributed by atoms with Crippen LogP contribution in [-0.4, -0.2) is 42.5 Å². The van der Waals surface area contributed by atoms with Crippen LogP contribution in [0, 0.1) is 5.92 Å². The first kappa shape index (κ1) is 22.9. The van der Waals surface area contributed by atoms with E-state index >= 15 is 0 Å². The molecular weight excluding hydrogens is 412 g/mol. The number of carbonyl (C=O) groups is 2.